The van der Waals surface area contributed by atoms with Gasteiger partial charge in [-0.05, 0) is 41.5 Å². The molecule has 0 saturated heterocycles. The summed E-state index contributed by atoms with van der Waals surface area (Å²) in [6.07, 6.45) is 2.68. The average molecular weight is 532 g/mol. The molecule has 5 aromatic rings. The molecule has 3 aromatic carbocycles. The molecule has 0 bridgehead atoms. The van der Waals surface area contributed by atoms with E-state index in [1.807, 2.05) is 60.8 Å². The summed E-state index contributed by atoms with van der Waals surface area (Å²) in [6, 6.07) is 26.0. The summed E-state index contributed by atoms with van der Waals surface area (Å²) in [5.41, 5.74) is 4.19. The second kappa shape index (κ2) is 10.3. The first-order chi connectivity index (χ1) is 16.7. The number of halogens is 1. The maximum absolute atomic E-state index is 12.5. The molecule has 2 N–H and O–H groups in total. The molecule has 0 saturated carbocycles. The maximum Gasteiger partial charge on any atom is 0.234 e. The summed E-state index contributed by atoms with van der Waals surface area (Å²) in [5, 5.41) is 13.8. The summed E-state index contributed by atoms with van der Waals surface area (Å²) >= 11 is 4.80. The van der Waals surface area contributed by atoms with Crippen LogP contribution in [0.15, 0.2) is 94.7 Å². The lowest BCUT2D eigenvalue weighted by Gasteiger charge is -2.11. The zero-order chi connectivity index (χ0) is 23.3. The number of nitrogens with zero attached hydrogens (tertiary/aromatic N) is 3. The first-order valence-electron chi connectivity index (χ1n) is 10.8. The molecule has 0 aliphatic heterocycles. The van der Waals surface area contributed by atoms with E-state index in [2.05, 4.69) is 65.3 Å². The van der Waals surface area contributed by atoms with Crippen LogP contribution < -0.4 is 5.32 Å². The van der Waals surface area contributed by atoms with Gasteiger partial charge in [-0.1, -0.05) is 76.2 Å². The topological polar surface area (TPSA) is 75.6 Å². The van der Waals surface area contributed by atoms with Gasteiger partial charge in [0.25, 0.3) is 0 Å². The minimum absolute atomic E-state index is 0.0836. The van der Waals surface area contributed by atoms with Crippen LogP contribution in [0.5, 0.6) is 0 Å². The second-order valence-corrected chi connectivity index (χ2v) is 9.71. The largest absolute Gasteiger partial charge is 0.361 e. The van der Waals surface area contributed by atoms with Crippen LogP contribution in [-0.2, 0) is 17.8 Å². The number of para-hydroxylation sites is 1. The van der Waals surface area contributed by atoms with Crippen LogP contribution in [0.3, 0.4) is 0 Å². The molecule has 34 heavy (non-hydrogen) atoms. The highest BCUT2D eigenvalue weighted by Crippen LogP contribution is 2.24. The molecular formula is C26H22BrN5OS. The van der Waals surface area contributed by atoms with Crippen molar-refractivity contribution >= 4 is 50.2 Å². The highest BCUT2D eigenvalue weighted by Gasteiger charge is 2.17. The molecule has 1 amide bonds. The molecule has 170 valence electrons. The van der Waals surface area contributed by atoms with Crippen molar-refractivity contribution in [1.82, 2.24) is 19.7 Å². The predicted octanol–water partition coefficient (Wildman–Crippen LogP) is 5.89. The van der Waals surface area contributed by atoms with Gasteiger partial charge in [0.15, 0.2) is 5.16 Å². The SMILES string of the molecule is O=C(CSc1nnc(Cc2c[nH]c3ccccc23)n1Cc1ccccc1)Nc1ccc(Br)cc1. The number of amides is 1. The Bertz CT molecular complexity index is 1410. The molecule has 0 spiro atoms. The lowest BCUT2D eigenvalue weighted by molar-refractivity contribution is -0.113. The third-order valence-electron chi connectivity index (χ3n) is 5.46. The van der Waals surface area contributed by atoms with Crippen LogP contribution in [0.25, 0.3) is 10.9 Å². The minimum atomic E-state index is -0.0836. The molecule has 0 aliphatic carbocycles. The summed E-state index contributed by atoms with van der Waals surface area (Å²) in [5.74, 6) is 1.03. The third kappa shape index (κ3) is 5.24. The van der Waals surface area contributed by atoms with Crippen molar-refractivity contribution in [3.8, 4) is 0 Å². The van der Waals surface area contributed by atoms with Gasteiger partial charge in [0.1, 0.15) is 5.82 Å². The van der Waals surface area contributed by atoms with E-state index in [9.17, 15) is 4.79 Å². The Hall–Kier alpha value is -3.36. The van der Waals surface area contributed by atoms with Gasteiger partial charge in [0.05, 0.1) is 12.3 Å². The molecule has 0 atom stereocenters. The van der Waals surface area contributed by atoms with E-state index >= 15 is 0 Å². The van der Waals surface area contributed by atoms with Crippen LogP contribution >= 0.6 is 27.7 Å². The highest BCUT2D eigenvalue weighted by atomic mass is 79.9. The van der Waals surface area contributed by atoms with E-state index < -0.39 is 0 Å². The second-order valence-electron chi connectivity index (χ2n) is 7.85. The van der Waals surface area contributed by atoms with E-state index in [1.165, 1.54) is 22.7 Å². The number of carbonyl (C=O) groups is 1. The molecule has 0 fully saturated rings. The van der Waals surface area contributed by atoms with Crippen molar-refractivity contribution < 1.29 is 4.79 Å². The Labute approximate surface area is 209 Å². The van der Waals surface area contributed by atoms with Gasteiger partial charge in [-0.3, -0.25) is 4.79 Å². The molecule has 0 aliphatic rings. The van der Waals surface area contributed by atoms with Crippen LogP contribution in [0.4, 0.5) is 5.69 Å². The fourth-order valence-electron chi connectivity index (χ4n) is 3.79. The molecule has 0 unspecified atom stereocenters. The Morgan fingerprint density at radius 1 is 0.971 bits per heavy atom. The lowest BCUT2D eigenvalue weighted by Crippen LogP contribution is -2.15. The molecule has 0 radical (unpaired) electrons. The van der Waals surface area contributed by atoms with Gasteiger partial charge in [-0.25, -0.2) is 0 Å². The van der Waals surface area contributed by atoms with Gasteiger partial charge in [-0.15, -0.1) is 10.2 Å². The van der Waals surface area contributed by atoms with Crippen LogP contribution in [0, 0.1) is 0 Å². The van der Waals surface area contributed by atoms with E-state index in [0.717, 1.165) is 32.2 Å². The maximum atomic E-state index is 12.5. The molecule has 2 heterocycles. The van der Waals surface area contributed by atoms with E-state index in [-0.39, 0.29) is 11.7 Å². The number of anilines is 1. The fourth-order valence-corrected chi connectivity index (χ4v) is 4.81. The summed E-state index contributed by atoms with van der Waals surface area (Å²) in [6.45, 7) is 0.641. The Balaban J connectivity index is 1.36. The first-order valence-corrected chi connectivity index (χ1v) is 12.6. The number of hydrogen-bond acceptors (Lipinski definition) is 4. The molecule has 2 aromatic heterocycles. The van der Waals surface area contributed by atoms with Crippen molar-refractivity contribution in [2.45, 2.75) is 18.1 Å². The number of hydrogen-bond donors (Lipinski definition) is 2. The van der Waals surface area contributed by atoms with E-state index in [4.69, 9.17) is 0 Å². The van der Waals surface area contributed by atoms with Crippen molar-refractivity contribution in [1.29, 1.82) is 0 Å². The Kier molecular flexibility index (Phi) is 6.78. The number of benzene rings is 3. The van der Waals surface area contributed by atoms with E-state index in [1.54, 1.807) is 0 Å². The molecule has 8 heteroatoms. The number of H-pyrrole nitrogens is 1. The van der Waals surface area contributed by atoms with Gasteiger partial charge >= 0.3 is 0 Å². The number of thioether (sulfide) groups is 1. The lowest BCUT2D eigenvalue weighted by atomic mass is 10.1. The van der Waals surface area contributed by atoms with Crippen molar-refractivity contribution in [2.75, 3.05) is 11.1 Å². The smallest absolute Gasteiger partial charge is 0.234 e. The Morgan fingerprint density at radius 3 is 2.56 bits per heavy atom. The van der Waals surface area contributed by atoms with Crippen molar-refractivity contribution in [2.24, 2.45) is 0 Å². The fraction of sp³-hybridized carbons (Fsp3) is 0.115. The van der Waals surface area contributed by atoms with Gasteiger partial charge in [0, 0.05) is 33.7 Å². The molecule has 6 nitrogen and oxygen atoms in total. The number of nitrogens with one attached hydrogen (secondary N) is 2. The van der Waals surface area contributed by atoms with Gasteiger partial charge in [0.2, 0.25) is 5.91 Å². The number of aromatic nitrogens is 4. The first kappa shape index (κ1) is 22.4. The normalized spacial score (nSPS) is 11.1. The van der Waals surface area contributed by atoms with Gasteiger partial charge in [-0.2, -0.15) is 0 Å². The quantitative estimate of drug-likeness (QED) is 0.245. The number of aromatic amines is 1. The van der Waals surface area contributed by atoms with Crippen LogP contribution in [0.1, 0.15) is 17.0 Å². The van der Waals surface area contributed by atoms with Crippen LogP contribution in [0.2, 0.25) is 0 Å². The summed E-state index contributed by atoms with van der Waals surface area (Å²) in [7, 11) is 0. The number of fused-ring (bicyclic) bond motifs is 1. The van der Waals surface area contributed by atoms with Crippen molar-refractivity contribution in [3.63, 3.8) is 0 Å². The zero-order valence-electron chi connectivity index (χ0n) is 18.2. The standard InChI is InChI=1S/C26H22BrN5OS/c27-20-10-12-21(13-11-20)29-25(33)17-34-26-31-30-24(32(26)16-18-6-2-1-3-7-18)14-19-15-28-23-9-5-4-8-22(19)23/h1-13,15,28H,14,16-17H2,(H,29,33). The Morgan fingerprint density at radius 2 is 1.74 bits per heavy atom. The zero-order valence-corrected chi connectivity index (χ0v) is 20.6. The molecule has 5 rings (SSSR count). The number of carbonyl (C=O) groups excluding carboxylic acids is 1. The minimum Gasteiger partial charge on any atom is -0.361 e. The number of rotatable bonds is 8. The third-order valence-corrected chi connectivity index (χ3v) is 6.96. The molecular weight excluding hydrogens is 510 g/mol. The summed E-state index contributed by atoms with van der Waals surface area (Å²) < 4.78 is 3.07. The monoisotopic (exact) mass is 531 g/mol. The highest BCUT2D eigenvalue weighted by molar-refractivity contribution is 9.10. The van der Waals surface area contributed by atoms with Gasteiger partial charge < -0.3 is 14.9 Å². The van der Waals surface area contributed by atoms with E-state index in [0.29, 0.717) is 13.0 Å². The summed E-state index contributed by atoms with van der Waals surface area (Å²) in [4.78, 5) is 15.9. The van der Waals surface area contributed by atoms with Crippen LogP contribution in [-0.4, -0.2) is 31.4 Å². The predicted molar refractivity (Wildman–Crippen MR) is 140 cm³/mol. The van der Waals surface area contributed by atoms with Crippen molar-refractivity contribution in [3.05, 3.63) is 106 Å². The average Bonchev–Trinajstić information content (AvgIpc) is 3.44.